The van der Waals surface area contributed by atoms with Crippen LogP contribution in [0.4, 0.5) is 0 Å². The summed E-state index contributed by atoms with van der Waals surface area (Å²) in [5, 5.41) is 4.17. The third-order valence-electron chi connectivity index (χ3n) is 4.86. The summed E-state index contributed by atoms with van der Waals surface area (Å²) in [4.78, 5) is 0. The molecule has 2 rings (SSSR count). The molecular formula is C18H28ClNO. The molecule has 0 aromatic heterocycles. The van der Waals surface area contributed by atoms with Crippen LogP contribution in [0.15, 0.2) is 18.2 Å². The first-order valence-electron chi connectivity index (χ1n) is 8.17. The van der Waals surface area contributed by atoms with Crippen LogP contribution in [0.2, 0.25) is 5.02 Å². The summed E-state index contributed by atoms with van der Waals surface area (Å²) >= 11 is 6.24. The average molecular weight is 310 g/mol. The molecule has 0 saturated heterocycles. The summed E-state index contributed by atoms with van der Waals surface area (Å²) in [5.41, 5.74) is 1.30. The number of hydrogen-bond acceptors (Lipinski definition) is 2. The minimum atomic E-state index is 0.552. The Balaban J connectivity index is 2.28. The quantitative estimate of drug-likeness (QED) is 0.809. The van der Waals surface area contributed by atoms with Crippen LogP contribution in [-0.4, -0.2) is 20.7 Å². The molecule has 1 aromatic rings. The molecule has 0 bridgehead atoms. The molecule has 21 heavy (non-hydrogen) atoms. The fraction of sp³-hybridized carbons (Fsp3) is 0.667. The van der Waals surface area contributed by atoms with Crippen molar-refractivity contribution in [3.8, 4) is 5.75 Å². The van der Waals surface area contributed by atoms with E-state index in [4.69, 9.17) is 16.3 Å². The van der Waals surface area contributed by atoms with Gasteiger partial charge in [-0.3, -0.25) is 0 Å². The van der Waals surface area contributed by atoms with Crippen molar-refractivity contribution in [3.05, 3.63) is 28.8 Å². The molecule has 1 saturated carbocycles. The van der Waals surface area contributed by atoms with E-state index in [0.717, 1.165) is 23.2 Å². The zero-order valence-electron chi connectivity index (χ0n) is 13.5. The Kier molecular flexibility index (Phi) is 6.38. The topological polar surface area (TPSA) is 21.3 Å². The molecule has 3 heteroatoms. The van der Waals surface area contributed by atoms with Crippen molar-refractivity contribution in [2.45, 2.75) is 44.9 Å². The standard InChI is InChI=1S/C18H28ClNO/c1-4-5-13-6-7-14(12-20-2)16(10-13)17-11-15(19)8-9-18(17)21-3/h8-9,11,13-14,16,20H,4-7,10,12H2,1-3H3. The normalized spacial score (nSPS) is 25.8. The molecule has 1 aliphatic rings. The lowest BCUT2D eigenvalue weighted by molar-refractivity contribution is 0.219. The van der Waals surface area contributed by atoms with Gasteiger partial charge in [-0.1, -0.05) is 37.8 Å². The fourth-order valence-electron chi connectivity index (χ4n) is 3.87. The van der Waals surface area contributed by atoms with Crippen LogP contribution in [0.25, 0.3) is 0 Å². The van der Waals surface area contributed by atoms with Gasteiger partial charge in [0, 0.05) is 5.02 Å². The van der Waals surface area contributed by atoms with E-state index in [1.165, 1.54) is 37.7 Å². The van der Waals surface area contributed by atoms with Crippen molar-refractivity contribution in [2.75, 3.05) is 20.7 Å². The third kappa shape index (κ3) is 4.14. The fourth-order valence-corrected chi connectivity index (χ4v) is 4.05. The largest absolute Gasteiger partial charge is 0.496 e. The summed E-state index contributed by atoms with van der Waals surface area (Å²) in [6, 6.07) is 6.04. The highest BCUT2D eigenvalue weighted by Gasteiger charge is 2.32. The molecule has 0 radical (unpaired) electrons. The number of hydrogen-bond donors (Lipinski definition) is 1. The van der Waals surface area contributed by atoms with Crippen LogP contribution in [-0.2, 0) is 0 Å². The number of methoxy groups -OCH3 is 1. The van der Waals surface area contributed by atoms with Gasteiger partial charge >= 0.3 is 0 Å². The summed E-state index contributed by atoms with van der Waals surface area (Å²) in [6.07, 6.45) is 6.54. The smallest absolute Gasteiger partial charge is 0.122 e. The van der Waals surface area contributed by atoms with Gasteiger partial charge in [0.05, 0.1) is 7.11 Å². The molecule has 1 aliphatic carbocycles. The Morgan fingerprint density at radius 3 is 2.81 bits per heavy atom. The van der Waals surface area contributed by atoms with E-state index < -0.39 is 0 Å². The van der Waals surface area contributed by atoms with Gasteiger partial charge in [-0.2, -0.15) is 0 Å². The number of rotatable bonds is 6. The van der Waals surface area contributed by atoms with E-state index in [2.05, 4.69) is 18.3 Å². The molecule has 0 spiro atoms. The minimum absolute atomic E-state index is 0.552. The molecule has 1 N–H and O–H groups in total. The maximum atomic E-state index is 6.24. The zero-order chi connectivity index (χ0) is 15.2. The predicted octanol–water partition coefficient (Wildman–Crippen LogP) is 4.87. The van der Waals surface area contributed by atoms with Crippen molar-refractivity contribution < 1.29 is 4.74 Å². The molecular weight excluding hydrogens is 282 g/mol. The van der Waals surface area contributed by atoms with Crippen molar-refractivity contribution in [1.29, 1.82) is 0 Å². The highest BCUT2D eigenvalue weighted by Crippen LogP contribution is 2.45. The second kappa shape index (κ2) is 8.05. The van der Waals surface area contributed by atoms with Gasteiger partial charge in [0.2, 0.25) is 0 Å². The van der Waals surface area contributed by atoms with Gasteiger partial charge in [-0.05, 0) is 68.0 Å². The summed E-state index contributed by atoms with van der Waals surface area (Å²) < 4.78 is 5.60. The molecule has 0 heterocycles. The van der Waals surface area contributed by atoms with E-state index in [1.807, 2.05) is 19.2 Å². The van der Waals surface area contributed by atoms with E-state index in [1.54, 1.807) is 7.11 Å². The third-order valence-corrected chi connectivity index (χ3v) is 5.09. The molecule has 2 nitrogen and oxygen atoms in total. The Morgan fingerprint density at radius 2 is 2.14 bits per heavy atom. The molecule has 3 unspecified atom stereocenters. The van der Waals surface area contributed by atoms with Crippen LogP contribution < -0.4 is 10.1 Å². The summed E-state index contributed by atoms with van der Waals surface area (Å²) in [5.74, 6) is 3.06. The first-order valence-corrected chi connectivity index (χ1v) is 8.55. The maximum absolute atomic E-state index is 6.24. The highest BCUT2D eigenvalue weighted by molar-refractivity contribution is 6.30. The van der Waals surface area contributed by atoms with Crippen molar-refractivity contribution in [1.82, 2.24) is 5.32 Å². The van der Waals surface area contributed by atoms with Crippen LogP contribution >= 0.6 is 11.6 Å². The molecule has 0 amide bonds. The first kappa shape index (κ1) is 16.6. The van der Waals surface area contributed by atoms with Crippen molar-refractivity contribution >= 4 is 11.6 Å². The van der Waals surface area contributed by atoms with Crippen LogP contribution in [0, 0.1) is 11.8 Å². The van der Waals surface area contributed by atoms with Gasteiger partial charge in [-0.15, -0.1) is 0 Å². The Bertz CT molecular complexity index is 449. The number of benzene rings is 1. The minimum Gasteiger partial charge on any atom is -0.496 e. The Morgan fingerprint density at radius 1 is 1.33 bits per heavy atom. The first-order chi connectivity index (χ1) is 10.2. The number of halogens is 1. The van der Waals surface area contributed by atoms with Crippen LogP contribution in [0.1, 0.15) is 50.5 Å². The SMILES string of the molecule is CCCC1CCC(CNC)C(c2cc(Cl)ccc2OC)C1. The van der Waals surface area contributed by atoms with Gasteiger partial charge in [0.25, 0.3) is 0 Å². The second-order valence-corrected chi connectivity index (χ2v) is 6.71. The van der Waals surface area contributed by atoms with E-state index in [0.29, 0.717) is 11.8 Å². The lowest BCUT2D eigenvalue weighted by Crippen LogP contribution is -2.30. The maximum Gasteiger partial charge on any atom is 0.122 e. The van der Waals surface area contributed by atoms with Gasteiger partial charge in [0.1, 0.15) is 5.75 Å². The summed E-state index contributed by atoms with van der Waals surface area (Å²) in [7, 11) is 3.80. The highest BCUT2D eigenvalue weighted by atomic mass is 35.5. The molecule has 1 aromatic carbocycles. The predicted molar refractivity (Wildman–Crippen MR) is 90.4 cm³/mol. The monoisotopic (exact) mass is 309 g/mol. The van der Waals surface area contributed by atoms with Crippen molar-refractivity contribution in [2.24, 2.45) is 11.8 Å². The average Bonchev–Trinajstić information content (AvgIpc) is 2.49. The van der Waals surface area contributed by atoms with Crippen LogP contribution in [0.5, 0.6) is 5.75 Å². The van der Waals surface area contributed by atoms with Gasteiger partial charge in [-0.25, -0.2) is 0 Å². The van der Waals surface area contributed by atoms with E-state index >= 15 is 0 Å². The Labute approximate surface area is 134 Å². The van der Waals surface area contributed by atoms with Crippen LogP contribution in [0.3, 0.4) is 0 Å². The zero-order valence-corrected chi connectivity index (χ0v) is 14.2. The molecule has 0 aliphatic heterocycles. The van der Waals surface area contributed by atoms with E-state index in [-0.39, 0.29) is 0 Å². The van der Waals surface area contributed by atoms with Gasteiger partial charge in [0.15, 0.2) is 0 Å². The lowest BCUT2D eigenvalue weighted by atomic mass is 9.70. The molecule has 118 valence electrons. The molecule has 3 atom stereocenters. The number of nitrogens with one attached hydrogen (secondary N) is 1. The Hall–Kier alpha value is -0.730. The van der Waals surface area contributed by atoms with Gasteiger partial charge < -0.3 is 10.1 Å². The van der Waals surface area contributed by atoms with E-state index in [9.17, 15) is 0 Å². The summed E-state index contributed by atoms with van der Waals surface area (Å²) in [6.45, 7) is 3.36. The van der Waals surface area contributed by atoms with Crippen molar-refractivity contribution in [3.63, 3.8) is 0 Å². The second-order valence-electron chi connectivity index (χ2n) is 6.28. The number of ether oxygens (including phenoxy) is 1. The lowest BCUT2D eigenvalue weighted by Gasteiger charge is -2.37. The molecule has 1 fully saturated rings.